The predicted molar refractivity (Wildman–Crippen MR) is 86.1 cm³/mol. The SMILES string of the molecule is CCc1[nH]c2c(F)cccc2c1C1CCCCCCC1N. The van der Waals surface area contributed by atoms with E-state index in [1.807, 2.05) is 12.1 Å². The highest BCUT2D eigenvalue weighted by Crippen LogP contribution is 2.37. The molecule has 0 saturated heterocycles. The molecule has 1 heterocycles. The molecule has 1 aromatic carbocycles. The maximum atomic E-state index is 14.1. The van der Waals surface area contributed by atoms with Crippen molar-refractivity contribution < 1.29 is 4.39 Å². The zero-order chi connectivity index (χ0) is 14.8. The lowest BCUT2D eigenvalue weighted by molar-refractivity contribution is 0.404. The lowest BCUT2D eigenvalue weighted by Gasteiger charge is -2.27. The maximum absolute atomic E-state index is 14.1. The fraction of sp³-hybridized carbons (Fsp3) is 0.556. The van der Waals surface area contributed by atoms with Gasteiger partial charge in [-0.3, -0.25) is 0 Å². The number of benzene rings is 1. The van der Waals surface area contributed by atoms with E-state index in [-0.39, 0.29) is 11.9 Å². The van der Waals surface area contributed by atoms with Crippen molar-refractivity contribution in [2.45, 2.75) is 63.8 Å². The van der Waals surface area contributed by atoms with Crippen molar-refractivity contribution in [2.75, 3.05) is 0 Å². The fourth-order valence-corrected chi connectivity index (χ4v) is 3.83. The second-order valence-electron chi connectivity index (χ2n) is 6.30. The first-order chi connectivity index (χ1) is 10.2. The quantitative estimate of drug-likeness (QED) is 0.831. The van der Waals surface area contributed by atoms with Crippen molar-refractivity contribution in [2.24, 2.45) is 5.73 Å². The summed E-state index contributed by atoms with van der Waals surface area (Å²) in [5.74, 6) is 0.198. The molecule has 2 atom stereocenters. The van der Waals surface area contributed by atoms with Gasteiger partial charge in [-0.15, -0.1) is 0 Å². The standard InChI is InChI=1S/C18H25FN2/c1-2-16-17(12-8-5-3-4-6-11-15(12)20)13-9-7-10-14(19)18(13)21-16/h7,9-10,12,15,21H,2-6,8,11,20H2,1H3. The number of nitrogens with one attached hydrogen (secondary N) is 1. The van der Waals surface area contributed by atoms with Gasteiger partial charge in [-0.1, -0.05) is 44.7 Å². The van der Waals surface area contributed by atoms with Crippen LogP contribution in [0.5, 0.6) is 0 Å². The van der Waals surface area contributed by atoms with Crippen molar-refractivity contribution in [3.8, 4) is 0 Å². The number of aromatic amines is 1. The number of nitrogens with two attached hydrogens (primary N) is 1. The van der Waals surface area contributed by atoms with Crippen molar-refractivity contribution in [1.82, 2.24) is 4.98 Å². The van der Waals surface area contributed by atoms with Crippen LogP contribution in [-0.4, -0.2) is 11.0 Å². The van der Waals surface area contributed by atoms with Crippen LogP contribution in [0.3, 0.4) is 0 Å². The number of halogens is 1. The Kier molecular flexibility index (Phi) is 4.29. The molecule has 3 heteroatoms. The van der Waals surface area contributed by atoms with Crippen LogP contribution >= 0.6 is 0 Å². The summed E-state index contributed by atoms with van der Waals surface area (Å²) in [5.41, 5.74) is 9.58. The smallest absolute Gasteiger partial charge is 0.147 e. The Morgan fingerprint density at radius 2 is 1.95 bits per heavy atom. The molecule has 2 unspecified atom stereocenters. The number of rotatable bonds is 2. The third-order valence-electron chi connectivity index (χ3n) is 4.95. The summed E-state index contributed by atoms with van der Waals surface area (Å²) in [7, 11) is 0. The maximum Gasteiger partial charge on any atom is 0.147 e. The molecule has 1 aliphatic rings. The number of hydrogen-bond donors (Lipinski definition) is 2. The van der Waals surface area contributed by atoms with E-state index in [1.165, 1.54) is 37.3 Å². The number of aryl methyl sites for hydroxylation is 1. The molecule has 21 heavy (non-hydrogen) atoms. The average molecular weight is 288 g/mol. The van der Waals surface area contributed by atoms with Crippen molar-refractivity contribution in [3.63, 3.8) is 0 Å². The van der Waals surface area contributed by atoms with Crippen LogP contribution in [0.2, 0.25) is 0 Å². The molecular weight excluding hydrogens is 263 g/mol. The third kappa shape index (κ3) is 2.71. The van der Waals surface area contributed by atoms with E-state index in [1.54, 1.807) is 0 Å². The molecule has 1 saturated carbocycles. The van der Waals surface area contributed by atoms with Crippen molar-refractivity contribution in [1.29, 1.82) is 0 Å². The Hall–Kier alpha value is -1.35. The summed E-state index contributed by atoms with van der Waals surface area (Å²) in [4.78, 5) is 3.31. The largest absolute Gasteiger partial charge is 0.356 e. The van der Waals surface area contributed by atoms with E-state index in [9.17, 15) is 4.39 Å². The summed E-state index contributed by atoms with van der Waals surface area (Å²) >= 11 is 0. The summed E-state index contributed by atoms with van der Waals surface area (Å²) in [6, 6.07) is 5.57. The van der Waals surface area contributed by atoms with Crippen molar-refractivity contribution in [3.05, 3.63) is 35.3 Å². The topological polar surface area (TPSA) is 41.8 Å². The number of fused-ring (bicyclic) bond motifs is 1. The van der Waals surface area contributed by atoms with Gasteiger partial charge in [0.2, 0.25) is 0 Å². The molecule has 0 amide bonds. The third-order valence-corrected chi connectivity index (χ3v) is 4.95. The first kappa shape index (κ1) is 14.6. The van der Waals surface area contributed by atoms with Gasteiger partial charge in [-0.05, 0) is 30.9 Å². The molecule has 1 aliphatic carbocycles. The van der Waals surface area contributed by atoms with Gasteiger partial charge in [0.05, 0.1) is 5.52 Å². The summed E-state index contributed by atoms with van der Waals surface area (Å²) in [6.45, 7) is 2.13. The Morgan fingerprint density at radius 3 is 2.71 bits per heavy atom. The number of aromatic nitrogens is 1. The van der Waals surface area contributed by atoms with Gasteiger partial charge in [0.1, 0.15) is 5.82 Å². The minimum Gasteiger partial charge on any atom is -0.356 e. The second kappa shape index (κ2) is 6.18. The molecule has 1 aromatic heterocycles. The van der Waals surface area contributed by atoms with E-state index < -0.39 is 0 Å². The Labute approximate surface area is 125 Å². The normalized spacial score (nSPS) is 24.0. The van der Waals surface area contributed by atoms with Crippen LogP contribution in [0, 0.1) is 5.82 Å². The molecule has 2 nitrogen and oxygen atoms in total. The molecule has 3 N–H and O–H groups in total. The molecule has 2 aromatic rings. The van der Waals surface area contributed by atoms with Gasteiger partial charge in [-0.2, -0.15) is 0 Å². The van der Waals surface area contributed by atoms with Crippen LogP contribution in [-0.2, 0) is 6.42 Å². The molecular formula is C18H25FN2. The van der Waals surface area contributed by atoms with E-state index in [0.717, 1.165) is 30.3 Å². The van der Waals surface area contributed by atoms with Crippen LogP contribution in [0.4, 0.5) is 4.39 Å². The molecule has 114 valence electrons. The van der Waals surface area contributed by atoms with E-state index >= 15 is 0 Å². The Bertz CT molecular complexity index is 617. The highest BCUT2D eigenvalue weighted by Gasteiger charge is 2.26. The highest BCUT2D eigenvalue weighted by atomic mass is 19.1. The number of H-pyrrole nitrogens is 1. The second-order valence-corrected chi connectivity index (χ2v) is 6.30. The molecule has 1 fully saturated rings. The molecule has 0 spiro atoms. The van der Waals surface area contributed by atoms with Crippen LogP contribution in [0.1, 0.15) is 62.6 Å². The summed E-state index contributed by atoms with van der Waals surface area (Å²) in [5, 5.41) is 1.04. The van der Waals surface area contributed by atoms with E-state index in [0.29, 0.717) is 11.4 Å². The first-order valence-electron chi connectivity index (χ1n) is 8.27. The predicted octanol–water partition coefficient (Wildman–Crippen LogP) is 4.63. The van der Waals surface area contributed by atoms with Gasteiger partial charge in [0, 0.05) is 23.0 Å². The van der Waals surface area contributed by atoms with Crippen LogP contribution < -0.4 is 5.73 Å². The summed E-state index contributed by atoms with van der Waals surface area (Å²) in [6.07, 6.45) is 8.13. The average Bonchev–Trinajstić information content (AvgIpc) is 2.84. The minimum atomic E-state index is -0.159. The zero-order valence-electron chi connectivity index (χ0n) is 12.8. The summed E-state index contributed by atoms with van der Waals surface area (Å²) < 4.78 is 14.1. The van der Waals surface area contributed by atoms with Crippen molar-refractivity contribution >= 4 is 10.9 Å². The molecule has 0 aliphatic heterocycles. The fourth-order valence-electron chi connectivity index (χ4n) is 3.83. The lowest BCUT2D eigenvalue weighted by Crippen LogP contribution is -2.30. The number of hydrogen-bond acceptors (Lipinski definition) is 1. The minimum absolute atomic E-state index is 0.159. The van der Waals surface area contributed by atoms with Crippen LogP contribution in [0.25, 0.3) is 10.9 Å². The van der Waals surface area contributed by atoms with Gasteiger partial charge in [-0.25, -0.2) is 4.39 Å². The van der Waals surface area contributed by atoms with Gasteiger partial charge < -0.3 is 10.7 Å². The zero-order valence-corrected chi connectivity index (χ0v) is 12.8. The number of para-hydroxylation sites is 1. The Morgan fingerprint density at radius 1 is 1.19 bits per heavy atom. The van der Waals surface area contributed by atoms with E-state index in [4.69, 9.17) is 5.73 Å². The Balaban J connectivity index is 2.10. The molecule has 0 radical (unpaired) electrons. The monoisotopic (exact) mass is 288 g/mol. The van der Waals surface area contributed by atoms with E-state index in [2.05, 4.69) is 11.9 Å². The van der Waals surface area contributed by atoms with Crippen LogP contribution in [0.15, 0.2) is 18.2 Å². The highest BCUT2D eigenvalue weighted by molar-refractivity contribution is 5.86. The van der Waals surface area contributed by atoms with Gasteiger partial charge in [0.25, 0.3) is 0 Å². The van der Waals surface area contributed by atoms with Gasteiger partial charge >= 0.3 is 0 Å². The first-order valence-corrected chi connectivity index (χ1v) is 8.27. The molecule has 0 bridgehead atoms. The molecule has 3 rings (SSSR count). The van der Waals surface area contributed by atoms with Gasteiger partial charge in [0.15, 0.2) is 0 Å². The lowest BCUT2D eigenvalue weighted by atomic mass is 9.81.